The van der Waals surface area contributed by atoms with Gasteiger partial charge in [-0.3, -0.25) is 4.79 Å². The van der Waals surface area contributed by atoms with Crippen molar-refractivity contribution in [1.82, 2.24) is 10.2 Å². The number of nitrogens with one attached hydrogen (secondary N) is 1. The molecule has 2 rings (SSSR count). The van der Waals surface area contributed by atoms with Crippen LogP contribution in [0.4, 0.5) is 0 Å². The van der Waals surface area contributed by atoms with Gasteiger partial charge < -0.3 is 25.5 Å². The van der Waals surface area contributed by atoms with Crippen LogP contribution in [0.25, 0.3) is 0 Å². The quantitative estimate of drug-likeness (QED) is 0.537. The second kappa shape index (κ2) is 8.08. The lowest BCUT2D eigenvalue weighted by molar-refractivity contribution is -0.150. The van der Waals surface area contributed by atoms with E-state index in [-0.39, 0.29) is 32.0 Å². The van der Waals surface area contributed by atoms with E-state index in [4.69, 9.17) is 16.7 Å². The number of likely N-dealkylation sites (tertiary alicyclic amines) is 1. The van der Waals surface area contributed by atoms with Crippen LogP contribution in [0.2, 0.25) is 5.02 Å². The highest BCUT2D eigenvalue weighted by atomic mass is 35.5. The van der Waals surface area contributed by atoms with E-state index in [1.807, 2.05) is 0 Å². The molecule has 23 heavy (non-hydrogen) atoms. The van der Waals surface area contributed by atoms with E-state index in [0.29, 0.717) is 24.5 Å². The molecule has 128 valence electrons. The van der Waals surface area contributed by atoms with Crippen molar-refractivity contribution in [2.24, 2.45) is 0 Å². The summed E-state index contributed by atoms with van der Waals surface area (Å²) in [5.41, 5.74) is -0.546. The number of aliphatic hydroxyl groups excluding tert-OH is 2. The Morgan fingerprint density at radius 2 is 2.09 bits per heavy atom. The number of piperidine rings is 1. The van der Waals surface area contributed by atoms with Crippen LogP contribution >= 0.6 is 11.6 Å². The first-order valence-electron chi connectivity index (χ1n) is 7.69. The van der Waals surface area contributed by atoms with Crippen molar-refractivity contribution in [2.75, 3.05) is 32.8 Å². The predicted molar refractivity (Wildman–Crippen MR) is 87.3 cm³/mol. The first-order chi connectivity index (χ1) is 10.9. The molecule has 0 aromatic heterocycles. The number of nitrogens with zero attached hydrogens (tertiary/aromatic N) is 1. The van der Waals surface area contributed by atoms with Gasteiger partial charge in [-0.15, -0.1) is 0 Å². The zero-order chi connectivity index (χ0) is 16.9. The molecule has 0 aliphatic carbocycles. The smallest absolute Gasteiger partial charge is 0.227 e. The summed E-state index contributed by atoms with van der Waals surface area (Å²) in [6.45, 7) is 0.882. The average molecular weight is 343 g/mol. The first kappa shape index (κ1) is 18.2. The van der Waals surface area contributed by atoms with Gasteiger partial charge in [-0.2, -0.15) is 0 Å². The Hall–Kier alpha value is -1.18. The molecule has 1 aromatic rings. The third-order valence-corrected chi connectivity index (χ3v) is 4.35. The summed E-state index contributed by atoms with van der Waals surface area (Å²) < 4.78 is 0. The summed E-state index contributed by atoms with van der Waals surface area (Å²) in [5.74, 6) is -0.0974. The fourth-order valence-electron chi connectivity index (χ4n) is 2.72. The van der Waals surface area contributed by atoms with Gasteiger partial charge in [-0.1, -0.05) is 23.7 Å². The summed E-state index contributed by atoms with van der Waals surface area (Å²) in [6.07, 6.45) is -0.342. The second-order valence-corrected chi connectivity index (χ2v) is 6.36. The van der Waals surface area contributed by atoms with E-state index in [9.17, 15) is 15.0 Å². The molecule has 0 spiro atoms. The third-order valence-electron chi connectivity index (χ3n) is 4.10. The van der Waals surface area contributed by atoms with Crippen molar-refractivity contribution in [1.29, 1.82) is 0 Å². The molecule has 1 aliphatic heterocycles. The van der Waals surface area contributed by atoms with Gasteiger partial charge in [-0.25, -0.2) is 0 Å². The highest BCUT2D eigenvalue weighted by Crippen LogP contribution is 2.22. The topological polar surface area (TPSA) is 93.0 Å². The lowest BCUT2D eigenvalue weighted by Crippen LogP contribution is -2.62. The zero-order valence-corrected chi connectivity index (χ0v) is 13.7. The largest absolute Gasteiger partial charge is 0.395 e. The number of halogens is 1. The molecule has 7 heteroatoms. The molecule has 2 atom stereocenters. The second-order valence-electron chi connectivity index (χ2n) is 5.93. The maximum absolute atomic E-state index is 12.4. The van der Waals surface area contributed by atoms with E-state index in [1.165, 1.54) is 0 Å². The summed E-state index contributed by atoms with van der Waals surface area (Å²) in [6, 6.07) is 7.07. The van der Waals surface area contributed by atoms with Gasteiger partial charge in [0.15, 0.2) is 0 Å². The minimum atomic E-state index is -1.40. The van der Waals surface area contributed by atoms with Gasteiger partial charge in [-0.05, 0) is 24.1 Å². The van der Waals surface area contributed by atoms with Gasteiger partial charge in [0, 0.05) is 24.7 Å². The van der Waals surface area contributed by atoms with Gasteiger partial charge >= 0.3 is 0 Å². The van der Waals surface area contributed by atoms with Crippen molar-refractivity contribution in [3.8, 4) is 0 Å². The Morgan fingerprint density at radius 3 is 2.74 bits per heavy atom. The van der Waals surface area contributed by atoms with Crippen molar-refractivity contribution >= 4 is 17.5 Å². The minimum Gasteiger partial charge on any atom is -0.395 e. The normalized spacial score (nSPS) is 24.7. The van der Waals surface area contributed by atoms with Crippen LogP contribution in [0.15, 0.2) is 24.3 Å². The standard InChI is InChI=1S/C16H23ClN2O4/c17-13-3-1-12(2-4-13)9-15(22)19-7-5-14(21)16(23,11-19)10-18-6-8-20/h1-4,14,18,20-21,23H,5-11H2/t14-,16+/m1/s1. The van der Waals surface area contributed by atoms with Gasteiger partial charge in [0.25, 0.3) is 0 Å². The minimum absolute atomic E-state index is 0.0502. The molecule has 1 saturated heterocycles. The lowest BCUT2D eigenvalue weighted by Gasteiger charge is -2.42. The van der Waals surface area contributed by atoms with Crippen LogP contribution in [0.3, 0.4) is 0 Å². The number of rotatable bonds is 6. The lowest BCUT2D eigenvalue weighted by atomic mass is 9.89. The van der Waals surface area contributed by atoms with Crippen LogP contribution in [0.5, 0.6) is 0 Å². The third kappa shape index (κ3) is 4.89. The molecule has 1 fully saturated rings. The molecule has 0 bridgehead atoms. The number of amides is 1. The fourth-order valence-corrected chi connectivity index (χ4v) is 2.85. The molecule has 1 aliphatic rings. The molecule has 0 radical (unpaired) electrons. The molecule has 1 heterocycles. The molecular weight excluding hydrogens is 320 g/mol. The number of hydrogen-bond acceptors (Lipinski definition) is 5. The Bertz CT molecular complexity index is 525. The molecule has 4 N–H and O–H groups in total. The molecule has 0 unspecified atom stereocenters. The van der Waals surface area contributed by atoms with E-state index in [0.717, 1.165) is 5.56 Å². The first-order valence-corrected chi connectivity index (χ1v) is 8.06. The molecule has 0 saturated carbocycles. The van der Waals surface area contributed by atoms with E-state index in [1.54, 1.807) is 29.2 Å². The Morgan fingerprint density at radius 1 is 1.39 bits per heavy atom. The molecule has 1 aromatic carbocycles. The van der Waals surface area contributed by atoms with Gasteiger partial charge in [0.05, 0.1) is 25.7 Å². The van der Waals surface area contributed by atoms with Gasteiger partial charge in [0.2, 0.25) is 5.91 Å². The average Bonchev–Trinajstić information content (AvgIpc) is 2.52. The maximum Gasteiger partial charge on any atom is 0.227 e. The highest BCUT2D eigenvalue weighted by Gasteiger charge is 2.42. The summed E-state index contributed by atoms with van der Waals surface area (Å²) >= 11 is 5.83. The fraction of sp³-hybridized carbons (Fsp3) is 0.562. The number of benzene rings is 1. The van der Waals surface area contributed by atoms with Crippen LogP contribution in [0.1, 0.15) is 12.0 Å². The summed E-state index contributed by atoms with van der Waals surface area (Å²) in [5, 5.41) is 32.9. The summed E-state index contributed by atoms with van der Waals surface area (Å²) in [4.78, 5) is 14.0. The number of aliphatic hydroxyl groups is 3. The molecule has 1 amide bonds. The SMILES string of the molecule is O=C(Cc1ccc(Cl)cc1)N1CC[C@@H](O)[C@](O)(CNCCO)C1. The number of carbonyl (C=O) groups is 1. The van der Waals surface area contributed by atoms with Crippen LogP contribution < -0.4 is 5.32 Å². The van der Waals surface area contributed by atoms with E-state index < -0.39 is 11.7 Å². The van der Waals surface area contributed by atoms with Crippen molar-refractivity contribution < 1.29 is 20.1 Å². The number of hydrogen-bond donors (Lipinski definition) is 4. The van der Waals surface area contributed by atoms with Crippen LogP contribution in [0, 0.1) is 0 Å². The van der Waals surface area contributed by atoms with E-state index in [2.05, 4.69) is 5.32 Å². The molecular formula is C16H23ClN2O4. The maximum atomic E-state index is 12.4. The zero-order valence-electron chi connectivity index (χ0n) is 12.9. The summed E-state index contributed by atoms with van der Waals surface area (Å²) in [7, 11) is 0. The Balaban J connectivity index is 1.96. The van der Waals surface area contributed by atoms with Crippen molar-refractivity contribution in [3.05, 3.63) is 34.9 Å². The number of carbonyl (C=O) groups excluding carboxylic acids is 1. The molecule has 6 nitrogen and oxygen atoms in total. The Labute approximate surface area is 140 Å². The van der Waals surface area contributed by atoms with Crippen LogP contribution in [-0.4, -0.2) is 70.6 Å². The highest BCUT2D eigenvalue weighted by molar-refractivity contribution is 6.30. The van der Waals surface area contributed by atoms with E-state index >= 15 is 0 Å². The van der Waals surface area contributed by atoms with Gasteiger partial charge in [0.1, 0.15) is 5.60 Å². The monoisotopic (exact) mass is 342 g/mol. The van der Waals surface area contributed by atoms with Crippen molar-refractivity contribution in [3.63, 3.8) is 0 Å². The van der Waals surface area contributed by atoms with Crippen LogP contribution in [-0.2, 0) is 11.2 Å². The van der Waals surface area contributed by atoms with Crippen molar-refractivity contribution in [2.45, 2.75) is 24.5 Å². The number of β-amino-alcohol motifs (C(OH)–C–C–N with tert-alkyl or cyclic N) is 1. The predicted octanol–water partition coefficient (Wildman–Crippen LogP) is -0.211. The Kier molecular flexibility index (Phi) is 6.38.